The lowest BCUT2D eigenvalue weighted by atomic mass is 10.2. The Morgan fingerprint density at radius 2 is 1.74 bits per heavy atom. The highest BCUT2D eigenvalue weighted by atomic mass is 32.2. The van der Waals surface area contributed by atoms with E-state index in [4.69, 9.17) is 9.72 Å². The van der Waals surface area contributed by atoms with Crippen molar-refractivity contribution in [3.8, 4) is 11.4 Å². The summed E-state index contributed by atoms with van der Waals surface area (Å²) in [5, 5.41) is 1.34. The standard InChI is InChI=1S/C22H26N2O2S/c1-3-4-5-6-11-16-27-22-23-18-13-8-7-12-17(18)21(25)24(22)19-14-9-10-15-20(19)26-2/h7-10,12-15H,3-6,11,16H2,1-2H3. The molecule has 0 spiro atoms. The third-order valence-corrected chi connectivity index (χ3v) is 5.57. The molecule has 0 radical (unpaired) electrons. The minimum Gasteiger partial charge on any atom is -0.495 e. The van der Waals surface area contributed by atoms with Gasteiger partial charge < -0.3 is 4.74 Å². The van der Waals surface area contributed by atoms with E-state index >= 15 is 0 Å². The monoisotopic (exact) mass is 382 g/mol. The fourth-order valence-electron chi connectivity index (χ4n) is 3.11. The minimum absolute atomic E-state index is 0.0569. The molecule has 0 unspecified atom stereocenters. The summed E-state index contributed by atoms with van der Waals surface area (Å²) in [6.07, 6.45) is 6.13. The molecule has 5 heteroatoms. The zero-order valence-corrected chi connectivity index (χ0v) is 16.8. The topological polar surface area (TPSA) is 44.1 Å². The van der Waals surface area contributed by atoms with Gasteiger partial charge in [-0.15, -0.1) is 0 Å². The Morgan fingerprint density at radius 1 is 1.00 bits per heavy atom. The number of ether oxygens (including phenoxy) is 1. The van der Waals surface area contributed by atoms with Crippen molar-refractivity contribution in [3.05, 3.63) is 58.9 Å². The molecule has 0 amide bonds. The van der Waals surface area contributed by atoms with E-state index in [1.165, 1.54) is 25.7 Å². The van der Waals surface area contributed by atoms with Gasteiger partial charge in [0.15, 0.2) is 5.16 Å². The second kappa shape index (κ2) is 9.60. The molecule has 1 aromatic heterocycles. The van der Waals surface area contributed by atoms with Crippen molar-refractivity contribution >= 4 is 22.7 Å². The Hall–Kier alpha value is -2.27. The fraction of sp³-hybridized carbons (Fsp3) is 0.364. The van der Waals surface area contributed by atoms with Crippen LogP contribution in [0.25, 0.3) is 16.6 Å². The maximum Gasteiger partial charge on any atom is 0.266 e. The molecule has 0 aliphatic heterocycles. The zero-order chi connectivity index (χ0) is 19.1. The molecule has 0 atom stereocenters. The largest absolute Gasteiger partial charge is 0.495 e. The van der Waals surface area contributed by atoms with Gasteiger partial charge in [-0.2, -0.15) is 0 Å². The first kappa shape index (κ1) is 19.5. The SMILES string of the molecule is CCCCCCCSc1nc2ccccc2c(=O)n1-c1ccccc1OC. The quantitative estimate of drug-likeness (QED) is 0.280. The molecule has 0 saturated carbocycles. The predicted octanol–water partition coefficient (Wildman–Crippen LogP) is 5.46. The van der Waals surface area contributed by atoms with Gasteiger partial charge in [0.05, 0.1) is 23.7 Å². The van der Waals surface area contributed by atoms with Crippen LogP contribution in [0.1, 0.15) is 39.0 Å². The van der Waals surface area contributed by atoms with Crippen LogP contribution < -0.4 is 10.3 Å². The van der Waals surface area contributed by atoms with Crippen LogP contribution >= 0.6 is 11.8 Å². The summed E-state index contributed by atoms with van der Waals surface area (Å²) >= 11 is 1.64. The third kappa shape index (κ3) is 4.53. The number of hydrogen-bond acceptors (Lipinski definition) is 4. The van der Waals surface area contributed by atoms with Crippen molar-refractivity contribution in [1.82, 2.24) is 9.55 Å². The van der Waals surface area contributed by atoms with Crippen LogP contribution in [-0.2, 0) is 0 Å². The average molecular weight is 383 g/mol. The van der Waals surface area contributed by atoms with Gasteiger partial charge in [0.1, 0.15) is 5.75 Å². The molecule has 0 saturated heterocycles. The highest BCUT2D eigenvalue weighted by Gasteiger charge is 2.15. The summed E-state index contributed by atoms with van der Waals surface area (Å²) in [6, 6.07) is 15.1. The second-order valence-electron chi connectivity index (χ2n) is 6.49. The van der Waals surface area contributed by atoms with Gasteiger partial charge in [-0.3, -0.25) is 9.36 Å². The van der Waals surface area contributed by atoms with E-state index in [1.54, 1.807) is 23.4 Å². The van der Waals surface area contributed by atoms with E-state index in [-0.39, 0.29) is 5.56 Å². The summed E-state index contributed by atoms with van der Waals surface area (Å²) < 4.78 is 7.19. The maximum absolute atomic E-state index is 13.2. The number of thioether (sulfide) groups is 1. The van der Waals surface area contributed by atoms with E-state index in [0.717, 1.165) is 28.5 Å². The molecule has 4 nitrogen and oxygen atoms in total. The van der Waals surface area contributed by atoms with Gasteiger partial charge >= 0.3 is 0 Å². The van der Waals surface area contributed by atoms with E-state index < -0.39 is 0 Å². The number of para-hydroxylation sites is 3. The Balaban J connectivity index is 1.99. The maximum atomic E-state index is 13.2. The minimum atomic E-state index is -0.0569. The number of aromatic nitrogens is 2. The van der Waals surface area contributed by atoms with Gasteiger partial charge in [0.25, 0.3) is 5.56 Å². The summed E-state index contributed by atoms with van der Waals surface area (Å²) in [5.41, 5.74) is 1.41. The van der Waals surface area contributed by atoms with E-state index in [1.807, 2.05) is 48.5 Å². The number of nitrogens with zero attached hydrogens (tertiary/aromatic N) is 2. The number of hydrogen-bond donors (Lipinski definition) is 0. The van der Waals surface area contributed by atoms with Gasteiger partial charge in [-0.05, 0) is 30.7 Å². The highest BCUT2D eigenvalue weighted by Crippen LogP contribution is 2.27. The lowest BCUT2D eigenvalue weighted by Crippen LogP contribution is -2.22. The van der Waals surface area contributed by atoms with Crippen molar-refractivity contribution in [1.29, 1.82) is 0 Å². The van der Waals surface area contributed by atoms with Crippen molar-refractivity contribution in [2.24, 2.45) is 0 Å². The molecule has 0 N–H and O–H groups in total. The van der Waals surface area contributed by atoms with Crippen LogP contribution in [0.15, 0.2) is 58.5 Å². The van der Waals surface area contributed by atoms with E-state index in [2.05, 4.69) is 6.92 Å². The highest BCUT2D eigenvalue weighted by molar-refractivity contribution is 7.99. The molecule has 2 aromatic carbocycles. The number of unbranched alkanes of at least 4 members (excludes halogenated alkanes) is 4. The summed E-state index contributed by atoms with van der Waals surface area (Å²) in [7, 11) is 1.62. The first-order chi connectivity index (χ1) is 13.3. The van der Waals surface area contributed by atoms with Crippen LogP contribution in [0, 0.1) is 0 Å². The lowest BCUT2D eigenvalue weighted by Gasteiger charge is -2.15. The molecule has 27 heavy (non-hydrogen) atoms. The lowest BCUT2D eigenvalue weighted by molar-refractivity contribution is 0.411. The van der Waals surface area contributed by atoms with Crippen LogP contribution in [0.3, 0.4) is 0 Å². The van der Waals surface area contributed by atoms with Gasteiger partial charge in [-0.1, -0.05) is 68.6 Å². The molecule has 0 fully saturated rings. The molecule has 0 aliphatic rings. The fourth-order valence-corrected chi connectivity index (χ4v) is 4.11. The smallest absolute Gasteiger partial charge is 0.266 e. The number of fused-ring (bicyclic) bond motifs is 1. The first-order valence-corrected chi connectivity index (χ1v) is 10.5. The number of rotatable bonds is 9. The van der Waals surface area contributed by atoms with Crippen LogP contribution in [-0.4, -0.2) is 22.4 Å². The molecule has 3 aromatic rings. The normalized spacial score (nSPS) is 11.0. The van der Waals surface area contributed by atoms with Crippen molar-refractivity contribution in [2.45, 2.75) is 44.2 Å². The van der Waals surface area contributed by atoms with Crippen LogP contribution in [0.5, 0.6) is 5.75 Å². The number of methoxy groups -OCH3 is 1. The van der Waals surface area contributed by atoms with E-state index in [0.29, 0.717) is 11.1 Å². The van der Waals surface area contributed by atoms with Gasteiger partial charge in [-0.25, -0.2) is 4.98 Å². The molecule has 0 aliphatic carbocycles. The Labute approximate surface area is 164 Å². The Bertz CT molecular complexity index is 952. The van der Waals surface area contributed by atoms with Crippen LogP contribution in [0.4, 0.5) is 0 Å². The Morgan fingerprint density at radius 3 is 2.56 bits per heavy atom. The Kier molecular flexibility index (Phi) is 6.93. The van der Waals surface area contributed by atoms with Gasteiger partial charge in [0.2, 0.25) is 0 Å². The van der Waals surface area contributed by atoms with Crippen LogP contribution in [0.2, 0.25) is 0 Å². The molecule has 142 valence electrons. The first-order valence-electron chi connectivity index (χ1n) is 9.54. The average Bonchev–Trinajstić information content (AvgIpc) is 2.71. The summed E-state index contributed by atoms with van der Waals surface area (Å²) in [6.45, 7) is 2.22. The van der Waals surface area contributed by atoms with Crippen molar-refractivity contribution < 1.29 is 4.74 Å². The predicted molar refractivity (Wildman–Crippen MR) is 113 cm³/mol. The summed E-state index contributed by atoms with van der Waals surface area (Å²) in [4.78, 5) is 18.0. The van der Waals surface area contributed by atoms with E-state index in [9.17, 15) is 4.79 Å². The van der Waals surface area contributed by atoms with Gasteiger partial charge in [0, 0.05) is 5.75 Å². The third-order valence-electron chi connectivity index (χ3n) is 4.55. The second-order valence-corrected chi connectivity index (χ2v) is 7.55. The molecular formula is C22H26N2O2S. The number of benzene rings is 2. The molecule has 1 heterocycles. The van der Waals surface area contributed by atoms with Crippen molar-refractivity contribution in [2.75, 3.05) is 12.9 Å². The van der Waals surface area contributed by atoms with Crippen molar-refractivity contribution in [3.63, 3.8) is 0 Å². The summed E-state index contributed by atoms with van der Waals surface area (Å²) in [5.74, 6) is 1.62. The molecular weight excluding hydrogens is 356 g/mol. The molecule has 3 rings (SSSR count). The molecule has 0 bridgehead atoms. The zero-order valence-electron chi connectivity index (χ0n) is 16.0.